The van der Waals surface area contributed by atoms with Gasteiger partial charge in [0.2, 0.25) is 0 Å². The van der Waals surface area contributed by atoms with E-state index in [-0.39, 0.29) is 17.0 Å². The van der Waals surface area contributed by atoms with E-state index in [2.05, 4.69) is 15.3 Å². The van der Waals surface area contributed by atoms with Crippen LogP contribution in [0.15, 0.2) is 24.7 Å². The van der Waals surface area contributed by atoms with Gasteiger partial charge in [-0.25, -0.2) is 9.37 Å². The van der Waals surface area contributed by atoms with Crippen molar-refractivity contribution in [2.45, 2.75) is 26.2 Å². The molecule has 19 heavy (non-hydrogen) atoms. The van der Waals surface area contributed by atoms with Crippen molar-refractivity contribution in [1.29, 1.82) is 0 Å². The minimum Gasteiger partial charge on any atom is -0.319 e. The number of rotatable bonds is 2. The monoisotopic (exact) mass is 279 g/mol. The molecule has 0 fully saturated rings. The second-order valence-electron chi connectivity index (χ2n) is 5.09. The molecular weight excluding hydrogens is 265 g/mol. The topological polar surface area (TPSA) is 54.9 Å². The third kappa shape index (κ3) is 3.14. The van der Waals surface area contributed by atoms with Gasteiger partial charge in [-0.3, -0.25) is 9.78 Å². The van der Waals surface area contributed by atoms with Gasteiger partial charge in [0.05, 0.1) is 23.1 Å². The van der Waals surface area contributed by atoms with Crippen LogP contribution in [-0.2, 0) is 5.41 Å². The minimum absolute atomic E-state index is 0.106. The highest BCUT2D eigenvalue weighted by Crippen LogP contribution is 2.27. The molecule has 0 aromatic carbocycles. The van der Waals surface area contributed by atoms with Crippen molar-refractivity contribution in [2.24, 2.45) is 0 Å². The van der Waals surface area contributed by atoms with Crippen LogP contribution in [0.1, 0.15) is 35.5 Å². The van der Waals surface area contributed by atoms with Gasteiger partial charge in [-0.2, -0.15) is 0 Å². The zero-order chi connectivity index (χ0) is 14.0. The molecule has 0 bridgehead atoms. The number of carbonyl (C=O) groups is 1. The van der Waals surface area contributed by atoms with E-state index in [4.69, 9.17) is 0 Å². The third-order valence-corrected chi connectivity index (χ3v) is 3.81. The molecule has 0 aliphatic heterocycles. The number of hydrogen-bond donors (Lipinski definition) is 1. The standard InChI is InChI=1S/C13H14FN3OS/c1-13(2,3)12-16-7-10(19-12)11(18)17-9-4-5-15-6-8(9)14/h4-7H,1-3H3,(H,15,17,18). The van der Waals surface area contributed by atoms with E-state index in [0.717, 1.165) is 11.2 Å². The number of amides is 1. The number of halogens is 1. The van der Waals surface area contributed by atoms with Crippen LogP contribution in [0.4, 0.5) is 10.1 Å². The fourth-order valence-electron chi connectivity index (χ4n) is 1.39. The second kappa shape index (κ2) is 5.05. The van der Waals surface area contributed by atoms with E-state index in [1.54, 1.807) is 0 Å². The average molecular weight is 279 g/mol. The van der Waals surface area contributed by atoms with Crippen LogP contribution in [-0.4, -0.2) is 15.9 Å². The van der Waals surface area contributed by atoms with Crippen LogP contribution >= 0.6 is 11.3 Å². The van der Waals surface area contributed by atoms with Gasteiger partial charge < -0.3 is 5.32 Å². The zero-order valence-electron chi connectivity index (χ0n) is 10.9. The molecule has 0 saturated carbocycles. The SMILES string of the molecule is CC(C)(C)c1ncc(C(=O)Nc2ccncc2F)s1. The first-order chi connectivity index (χ1) is 8.88. The van der Waals surface area contributed by atoms with Crippen LogP contribution in [0.2, 0.25) is 0 Å². The van der Waals surface area contributed by atoms with E-state index in [0.29, 0.717) is 4.88 Å². The summed E-state index contributed by atoms with van der Waals surface area (Å²) in [5, 5.41) is 3.38. The van der Waals surface area contributed by atoms with Crippen LogP contribution in [0.5, 0.6) is 0 Å². The summed E-state index contributed by atoms with van der Waals surface area (Å²) >= 11 is 1.31. The molecule has 0 radical (unpaired) electrons. The molecule has 2 aromatic heterocycles. The summed E-state index contributed by atoms with van der Waals surface area (Å²) in [5.74, 6) is -0.922. The molecule has 2 heterocycles. The van der Waals surface area contributed by atoms with E-state index in [9.17, 15) is 9.18 Å². The number of hydrogen-bond acceptors (Lipinski definition) is 4. The largest absolute Gasteiger partial charge is 0.319 e. The summed E-state index contributed by atoms with van der Waals surface area (Å²) in [6.45, 7) is 6.07. The van der Waals surface area contributed by atoms with Crippen molar-refractivity contribution in [3.8, 4) is 0 Å². The molecule has 6 heteroatoms. The fraction of sp³-hybridized carbons (Fsp3) is 0.308. The molecule has 0 saturated heterocycles. The number of carbonyl (C=O) groups excluding carboxylic acids is 1. The van der Waals surface area contributed by atoms with Crippen molar-refractivity contribution < 1.29 is 9.18 Å². The summed E-state index contributed by atoms with van der Waals surface area (Å²) in [7, 11) is 0. The van der Waals surface area contributed by atoms with Gasteiger partial charge in [0, 0.05) is 11.6 Å². The molecule has 4 nitrogen and oxygen atoms in total. The number of pyridine rings is 1. The summed E-state index contributed by atoms with van der Waals surface area (Å²) < 4.78 is 13.4. The Morgan fingerprint density at radius 3 is 2.68 bits per heavy atom. The van der Waals surface area contributed by atoms with Crippen molar-refractivity contribution in [2.75, 3.05) is 5.32 Å². The molecule has 0 spiro atoms. The first-order valence-corrected chi connectivity index (χ1v) is 6.57. The Hall–Kier alpha value is -1.82. The van der Waals surface area contributed by atoms with Gasteiger partial charge in [-0.05, 0) is 6.07 Å². The number of nitrogens with zero attached hydrogens (tertiary/aromatic N) is 2. The van der Waals surface area contributed by atoms with Gasteiger partial charge in [0.25, 0.3) is 5.91 Å². The van der Waals surface area contributed by atoms with Gasteiger partial charge in [-0.1, -0.05) is 20.8 Å². The maximum atomic E-state index is 13.4. The number of thiazole rings is 1. The minimum atomic E-state index is -0.559. The normalized spacial score (nSPS) is 11.4. The van der Waals surface area contributed by atoms with Gasteiger partial charge >= 0.3 is 0 Å². The van der Waals surface area contributed by atoms with E-state index in [1.165, 1.54) is 29.8 Å². The van der Waals surface area contributed by atoms with Crippen LogP contribution in [0.25, 0.3) is 0 Å². The van der Waals surface area contributed by atoms with Crippen molar-refractivity contribution in [3.05, 3.63) is 40.4 Å². The molecule has 0 aliphatic carbocycles. The Kier molecular flexibility index (Phi) is 3.61. The van der Waals surface area contributed by atoms with Crippen LogP contribution in [0, 0.1) is 5.82 Å². The van der Waals surface area contributed by atoms with Gasteiger partial charge in [-0.15, -0.1) is 11.3 Å². The van der Waals surface area contributed by atoms with Gasteiger partial charge in [0.15, 0.2) is 5.82 Å². The number of nitrogens with one attached hydrogen (secondary N) is 1. The molecule has 1 N–H and O–H groups in total. The molecule has 2 rings (SSSR count). The smallest absolute Gasteiger partial charge is 0.267 e. The lowest BCUT2D eigenvalue weighted by atomic mass is 9.98. The Bertz CT molecular complexity index is 604. The fourth-order valence-corrected chi connectivity index (χ4v) is 2.26. The predicted molar refractivity (Wildman–Crippen MR) is 73.0 cm³/mol. The maximum Gasteiger partial charge on any atom is 0.267 e. The first kappa shape index (κ1) is 13.6. The highest BCUT2D eigenvalue weighted by molar-refractivity contribution is 7.13. The number of aromatic nitrogens is 2. The lowest BCUT2D eigenvalue weighted by Gasteiger charge is -2.13. The molecule has 0 unspecified atom stereocenters. The third-order valence-electron chi connectivity index (χ3n) is 2.39. The maximum absolute atomic E-state index is 13.4. The van der Waals surface area contributed by atoms with Crippen LogP contribution < -0.4 is 5.32 Å². The quantitative estimate of drug-likeness (QED) is 0.918. The molecule has 0 atom stereocenters. The Labute approximate surface area is 114 Å². The lowest BCUT2D eigenvalue weighted by molar-refractivity contribution is 0.103. The van der Waals surface area contributed by atoms with Crippen LogP contribution in [0.3, 0.4) is 0 Å². The highest BCUT2D eigenvalue weighted by atomic mass is 32.1. The van der Waals surface area contributed by atoms with Crippen molar-refractivity contribution >= 4 is 22.9 Å². The Morgan fingerprint density at radius 1 is 1.37 bits per heavy atom. The molecule has 2 aromatic rings. The summed E-state index contributed by atoms with van der Waals surface area (Å²) in [6.07, 6.45) is 3.99. The average Bonchev–Trinajstić information content (AvgIpc) is 2.81. The molecule has 1 amide bonds. The second-order valence-corrected chi connectivity index (χ2v) is 6.12. The van der Waals surface area contributed by atoms with Crippen molar-refractivity contribution in [1.82, 2.24) is 9.97 Å². The zero-order valence-corrected chi connectivity index (χ0v) is 11.7. The lowest BCUT2D eigenvalue weighted by Crippen LogP contribution is -2.12. The first-order valence-electron chi connectivity index (χ1n) is 5.75. The predicted octanol–water partition coefficient (Wildman–Crippen LogP) is 3.23. The van der Waals surface area contributed by atoms with E-state index in [1.807, 2.05) is 20.8 Å². The van der Waals surface area contributed by atoms with Crippen molar-refractivity contribution in [3.63, 3.8) is 0 Å². The summed E-state index contributed by atoms with van der Waals surface area (Å²) in [6, 6.07) is 1.42. The molecule has 100 valence electrons. The number of anilines is 1. The van der Waals surface area contributed by atoms with Gasteiger partial charge in [0.1, 0.15) is 4.88 Å². The summed E-state index contributed by atoms with van der Waals surface area (Å²) in [5.41, 5.74) is 0.0104. The van der Waals surface area contributed by atoms with E-state index < -0.39 is 5.82 Å². The Balaban J connectivity index is 2.17. The molecular formula is C13H14FN3OS. The Morgan fingerprint density at radius 2 is 2.11 bits per heavy atom. The van der Waals surface area contributed by atoms with E-state index >= 15 is 0 Å². The molecule has 0 aliphatic rings. The summed E-state index contributed by atoms with van der Waals surface area (Å²) in [4.78, 5) is 20.3. The highest BCUT2D eigenvalue weighted by Gasteiger charge is 2.20.